The SMILES string of the molecule is NCCN(CCO)CCN1CCN(CCN)CC1. The average molecular weight is 259 g/mol. The van der Waals surface area contributed by atoms with Crippen molar-refractivity contribution in [2.24, 2.45) is 11.5 Å². The first-order valence-corrected chi connectivity index (χ1v) is 6.98. The molecule has 0 bridgehead atoms. The van der Waals surface area contributed by atoms with Crippen LogP contribution in [0.15, 0.2) is 0 Å². The minimum Gasteiger partial charge on any atom is -0.395 e. The molecule has 5 N–H and O–H groups in total. The summed E-state index contributed by atoms with van der Waals surface area (Å²) in [6, 6.07) is 0. The maximum Gasteiger partial charge on any atom is 0.0558 e. The van der Waals surface area contributed by atoms with Gasteiger partial charge in [-0.15, -0.1) is 0 Å². The molecule has 108 valence electrons. The lowest BCUT2D eigenvalue weighted by Crippen LogP contribution is -2.49. The summed E-state index contributed by atoms with van der Waals surface area (Å²) < 4.78 is 0. The maximum absolute atomic E-state index is 8.98. The minimum atomic E-state index is 0.213. The zero-order valence-electron chi connectivity index (χ0n) is 11.4. The topological polar surface area (TPSA) is 82.0 Å². The summed E-state index contributed by atoms with van der Waals surface area (Å²) in [5.74, 6) is 0. The Bertz CT molecular complexity index is 191. The Morgan fingerprint density at radius 2 is 1.44 bits per heavy atom. The highest BCUT2D eigenvalue weighted by atomic mass is 16.3. The zero-order valence-corrected chi connectivity index (χ0v) is 11.4. The van der Waals surface area contributed by atoms with Crippen molar-refractivity contribution in [1.29, 1.82) is 0 Å². The number of nitrogens with zero attached hydrogens (tertiary/aromatic N) is 3. The van der Waals surface area contributed by atoms with Crippen molar-refractivity contribution >= 4 is 0 Å². The van der Waals surface area contributed by atoms with Gasteiger partial charge >= 0.3 is 0 Å². The van der Waals surface area contributed by atoms with Gasteiger partial charge in [0, 0.05) is 72.0 Å². The van der Waals surface area contributed by atoms with E-state index in [9.17, 15) is 0 Å². The Morgan fingerprint density at radius 1 is 0.833 bits per heavy atom. The number of aliphatic hydroxyl groups is 1. The molecular formula is C12H29N5O. The van der Waals surface area contributed by atoms with Crippen molar-refractivity contribution in [2.45, 2.75) is 0 Å². The summed E-state index contributed by atoms with van der Waals surface area (Å²) in [5.41, 5.74) is 11.1. The molecule has 1 fully saturated rings. The quantitative estimate of drug-likeness (QED) is 0.437. The van der Waals surface area contributed by atoms with Gasteiger partial charge in [-0.1, -0.05) is 0 Å². The van der Waals surface area contributed by atoms with Gasteiger partial charge in [0.1, 0.15) is 0 Å². The molecule has 0 aliphatic carbocycles. The molecule has 0 amide bonds. The summed E-state index contributed by atoms with van der Waals surface area (Å²) in [7, 11) is 0. The standard InChI is InChI=1S/C12H29N5O/c13-1-3-15-5-8-17(9-6-15)10-7-16(4-2-14)11-12-18/h18H,1-14H2. The Hall–Kier alpha value is -0.240. The van der Waals surface area contributed by atoms with Crippen LogP contribution < -0.4 is 11.5 Å². The molecule has 0 aromatic rings. The highest BCUT2D eigenvalue weighted by Gasteiger charge is 2.16. The predicted molar refractivity (Wildman–Crippen MR) is 74.5 cm³/mol. The van der Waals surface area contributed by atoms with Crippen LogP contribution in [0.4, 0.5) is 0 Å². The fraction of sp³-hybridized carbons (Fsp3) is 1.00. The molecule has 6 heteroatoms. The highest BCUT2D eigenvalue weighted by molar-refractivity contribution is 4.73. The fourth-order valence-corrected chi connectivity index (χ4v) is 2.36. The molecule has 0 aromatic heterocycles. The Balaban J connectivity index is 2.15. The Labute approximate surface area is 111 Å². The molecule has 0 aromatic carbocycles. The van der Waals surface area contributed by atoms with E-state index in [1.165, 1.54) is 0 Å². The molecule has 0 atom stereocenters. The van der Waals surface area contributed by atoms with Crippen molar-refractivity contribution in [3.63, 3.8) is 0 Å². The van der Waals surface area contributed by atoms with Crippen LogP contribution in [0.25, 0.3) is 0 Å². The van der Waals surface area contributed by atoms with E-state index < -0.39 is 0 Å². The van der Waals surface area contributed by atoms with Gasteiger partial charge in [0.2, 0.25) is 0 Å². The minimum absolute atomic E-state index is 0.213. The van der Waals surface area contributed by atoms with Crippen LogP contribution in [0.5, 0.6) is 0 Å². The van der Waals surface area contributed by atoms with E-state index in [0.29, 0.717) is 6.54 Å². The summed E-state index contributed by atoms with van der Waals surface area (Å²) in [6.45, 7) is 10.8. The normalized spacial score (nSPS) is 18.7. The second kappa shape index (κ2) is 9.66. The number of aliphatic hydroxyl groups excluding tert-OH is 1. The number of nitrogens with two attached hydrogens (primary N) is 2. The zero-order chi connectivity index (χ0) is 13.2. The summed E-state index contributed by atoms with van der Waals surface area (Å²) in [6.07, 6.45) is 0. The Morgan fingerprint density at radius 3 is 1.94 bits per heavy atom. The van der Waals surface area contributed by atoms with E-state index >= 15 is 0 Å². The summed E-state index contributed by atoms with van der Waals surface area (Å²) in [5, 5.41) is 8.98. The lowest BCUT2D eigenvalue weighted by Gasteiger charge is -2.35. The van der Waals surface area contributed by atoms with Crippen LogP contribution >= 0.6 is 0 Å². The van der Waals surface area contributed by atoms with Crippen LogP contribution in [-0.2, 0) is 0 Å². The third kappa shape index (κ3) is 6.08. The third-order valence-corrected chi connectivity index (χ3v) is 3.50. The van der Waals surface area contributed by atoms with E-state index in [0.717, 1.165) is 65.4 Å². The molecule has 1 aliphatic heterocycles. The van der Waals surface area contributed by atoms with Gasteiger partial charge in [-0.05, 0) is 0 Å². The largest absolute Gasteiger partial charge is 0.395 e. The number of piperazine rings is 1. The Kier molecular flexibility index (Phi) is 8.49. The van der Waals surface area contributed by atoms with E-state index in [2.05, 4.69) is 14.7 Å². The number of rotatable bonds is 9. The van der Waals surface area contributed by atoms with Crippen molar-refractivity contribution in [2.75, 3.05) is 78.6 Å². The molecule has 6 nitrogen and oxygen atoms in total. The van der Waals surface area contributed by atoms with Crippen LogP contribution in [0, 0.1) is 0 Å². The van der Waals surface area contributed by atoms with Gasteiger partial charge in [-0.25, -0.2) is 0 Å². The third-order valence-electron chi connectivity index (χ3n) is 3.50. The molecule has 0 spiro atoms. The average Bonchev–Trinajstić information content (AvgIpc) is 2.38. The van der Waals surface area contributed by atoms with Gasteiger partial charge in [-0.3, -0.25) is 14.7 Å². The first-order chi connectivity index (χ1) is 8.80. The van der Waals surface area contributed by atoms with E-state index in [1.807, 2.05) is 0 Å². The number of hydrogen-bond acceptors (Lipinski definition) is 6. The lowest BCUT2D eigenvalue weighted by atomic mass is 10.3. The first kappa shape index (κ1) is 15.8. The maximum atomic E-state index is 8.98. The second-order valence-corrected chi connectivity index (χ2v) is 4.83. The van der Waals surface area contributed by atoms with Gasteiger partial charge < -0.3 is 16.6 Å². The monoisotopic (exact) mass is 259 g/mol. The van der Waals surface area contributed by atoms with Crippen LogP contribution in [0.3, 0.4) is 0 Å². The van der Waals surface area contributed by atoms with Gasteiger partial charge in [0.25, 0.3) is 0 Å². The van der Waals surface area contributed by atoms with E-state index in [-0.39, 0.29) is 6.61 Å². The molecule has 0 radical (unpaired) electrons. The molecule has 0 saturated carbocycles. The lowest BCUT2D eigenvalue weighted by molar-refractivity contribution is 0.115. The second-order valence-electron chi connectivity index (χ2n) is 4.83. The van der Waals surface area contributed by atoms with Gasteiger partial charge in [0.05, 0.1) is 6.61 Å². The molecule has 1 saturated heterocycles. The van der Waals surface area contributed by atoms with Crippen molar-refractivity contribution in [1.82, 2.24) is 14.7 Å². The molecule has 0 unspecified atom stereocenters. The highest BCUT2D eigenvalue weighted by Crippen LogP contribution is 2.01. The molecule has 1 rings (SSSR count). The fourth-order valence-electron chi connectivity index (χ4n) is 2.36. The van der Waals surface area contributed by atoms with Gasteiger partial charge in [-0.2, -0.15) is 0 Å². The number of hydrogen-bond donors (Lipinski definition) is 3. The molecule has 1 heterocycles. The van der Waals surface area contributed by atoms with Crippen molar-refractivity contribution < 1.29 is 5.11 Å². The van der Waals surface area contributed by atoms with Crippen molar-refractivity contribution in [3.05, 3.63) is 0 Å². The van der Waals surface area contributed by atoms with Crippen LogP contribution in [-0.4, -0.2) is 98.4 Å². The summed E-state index contributed by atoms with van der Waals surface area (Å²) in [4.78, 5) is 7.13. The molecular weight excluding hydrogens is 230 g/mol. The summed E-state index contributed by atoms with van der Waals surface area (Å²) >= 11 is 0. The predicted octanol–water partition coefficient (Wildman–Crippen LogP) is -2.18. The van der Waals surface area contributed by atoms with Crippen molar-refractivity contribution in [3.8, 4) is 0 Å². The van der Waals surface area contributed by atoms with Gasteiger partial charge in [0.15, 0.2) is 0 Å². The molecule has 1 aliphatic rings. The van der Waals surface area contributed by atoms with E-state index in [1.54, 1.807) is 0 Å². The first-order valence-electron chi connectivity index (χ1n) is 6.98. The van der Waals surface area contributed by atoms with E-state index in [4.69, 9.17) is 16.6 Å². The van der Waals surface area contributed by atoms with Crippen LogP contribution in [0.2, 0.25) is 0 Å². The smallest absolute Gasteiger partial charge is 0.0558 e. The molecule has 18 heavy (non-hydrogen) atoms. The van der Waals surface area contributed by atoms with Crippen LogP contribution in [0.1, 0.15) is 0 Å².